The van der Waals surface area contributed by atoms with Gasteiger partial charge in [0, 0.05) is 0 Å². The zero-order valence-electron chi connectivity index (χ0n) is 9.61. The fourth-order valence-corrected chi connectivity index (χ4v) is 1.68. The predicted molar refractivity (Wildman–Crippen MR) is 64.7 cm³/mol. The highest BCUT2D eigenvalue weighted by Gasteiger charge is 2.26. The molecule has 0 aliphatic rings. The summed E-state index contributed by atoms with van der Waals surface area (Å²) in [6, 6.07) is 10.3. The Morgan fingerprint density at radius 1 is 1.40 bits per heavy atom. The third-order valence-electron chi connectivity index (χ3n) is 3.00. The second-order valence-corrected chi connectivity index (χ2v) is 4.44. The van der Waals surface area contributed by atoms with Crippen molar-refractivity contribution in [1.29, 1.82) is 0 Å². The van der Waals surface area contributed by atoms with Gasteiger partial charge >= 0.3 is 0 Å². The molecular weight excluding hydrogens is 184 g/mol. The van der Waals surface area contributed by atoms with Crippen molar-refractivity contribution in [2.24, 2.45) is 5.92 Å². The average Bonchev–Trinajstić information content (AvgIpc) is 2.19. The van der Waals surface area contributed by atoms with Gasteiger partial charge in [0.1, 0.15) is 0 Å². The lowest BCUT2D eigenvalue weighted by Gasteiger charge is -2.29. The normalized spacial score (nSPS) is 16.7. The molecule has 1 rings (SSSR count). The van der Waals surface area contributed by atoms with Crippen LogP contribution in [-0.4, -0.2) is 10.7 Å². The molecule has 1 heteroatoms. The molecule has 82 valence electrons. The van der Waals surface area contributed by atoms with E-state index in [0.29, 0.717) is 6.42 Å². The summed E-state index contributed by atoms with van der Waals surface area (Å²) in [5.74, 6) is 0.234. The summed E-state index contributed by atoms with van der Waals surface area (Å²) in [6.45, 7) is 7.63. The van der Waals surface area contributed by atoms with Crippen molar-refractivity contribution in [2.75, 3.05) is 0 Å². The summed E-state index contributed by atoms with van der Waals surface area (Å²) in [4.78, 5) is 0. The van der Waals surface area contributed by atoms with E-state index in [1.165, 1.54) is 5.56 Å². The second-order valence-electron chi connectivity index (χ2n) is 4.44. The van der Waals surface area contributed by atoms with Crippen molar-refractivity contribution < 1.29 is 5.11 Å². The maximum absolute atomic E-state index is 10.2. The van der Waals surface area contributed by atoms with E-state index in [1.54, 1.807) is 6.08 Å². The van der Waals surface area contributed by atoms with E-state index < -0.39 is 5.60 Å². The lowest BCUT2D eigenvalue weighted by Crippen LogP contribution is -2.33. The van der Waals surface area contributed by atoms with Crippen molar-refractivity contribution in [3.8, 4) is 0 Å². The summed E-state index contributed by atoms with van der Waals surface area (Å²) >= 11 is 0. The molecule has 0 bridgehead atoms. The van der Waals surface area contributed by atoms with Gasteiger partial charge in [-0.1, -0.05) is 43.3 Å². The first-order valence-electron chi connectivity index (χ1n) is 5.43. The van der Waals surface area contributed by atoms with Gasteiger partial charge < -0.3 is 5.11 Å². The first kappa shape index (κ1) is 12.0. The minimum absolute atomic E-state index is 0.234. The van der Waals surface area contributed by atoms with Crippen LogP contribution in [0.25, 0.3) is 0 Å². The number of rotatable bonds is 5. The van der Waals surface area contributed by atoms with Crippen LogP contribution in [0.5, 0.6) is 0 Å². The van der Waals surface area contributed by atoms with Crippen LogP contribution in [0.4, 0.5) is 0 Å². The predicted octanol–water partition coefficient (Wildman–Crippen LogP) is 3.19. The van der Waals surface area contributed by atoms with Crippen LogP contribution in [0.3, 0.4) is 0 Å². The zero-order valence-corrected chi connectivity index (χ0v) is 9.61. The zero-order chi connectivity index (χ0) is 11.3. The fraction of sp³-hybridized carbons (Fsp3) is 0.429. The first-order valence-corrected chi connectivity index (χ1v) is 5.43. The molecular formula is C14H20O. The molecule has 1 aromatic rings. The number of hydrogen-bond acceptors (Lipinski definition) is 1. The Hall–Kier alpha value is -1.08. The first-order chi connectivity index (χ1) is 7.06. The lowest BCUT2D eigenvalue weighted by atomic mass is 9.83. The Balaban J connectivity index is 2.63. The van der Waals surface area contributed by atoms with E-state index in [4.69, 9.17) is 0 Å². The second kappa shape index (κ2) is 5.13. The summed E-state index contributed by atoms with van der Waals surface area (Å²) in [5, 5.41) is 10.2. The molecule has 0 saturated carbocycles. The Kier molecular flexibility index (Phi) is 4.10. The highest BCUT2D eigenvalue weighted by atomic mass is 16.3. The number of benzene rings is 1. The molecule has 0 aliphatic carbocycles. The van der Waals surface area contributed by atoms with Crippen LogP contribution in [-0.2, 0) is 6.42 Å². The third-order valence-corrected chi connectivity index (χ3v) is 3.00. The van der Waals surface area contributed by atoms with E-state index >= 15 is 0 Å². The van der Waals surface area contributed by atoms with Crippen LogP contribution in [0.1, 0.15) is 25.8 Å². The summed E-state index contributed by atoms with van der Waals surface area (Å²) in [5.41, 5.74) is 0.617. The van der Waals surface area contributed by atoms with E-state index in [9.17, 15) is 5.11 Å². The van der Waals surface area contributed by atoms with Gasteiger partial charge in [-0.3, -0.25) is 0 Å². The molecule has 0 aromatic heterocycles. The molecule has 15 heavy (non-hydrogen) atoms. The van der Waals surface area contributed by atoms with Gasteiger partial charge in [-0.15, -0.1) is 6.58 Å². The molecule has 0 saturated heterocycles. The standard InChI is InChI=1S/C14H20O/c1-4-10-14(3,15)12(2)11-13-8-6-5-7-9-13/h4-9,12,15H,1,10-11H2,2-3H3/t12-,14-/m0/s1. The molecule has 1 N–H and O–H groups in total. The van der Waals surface area contributed by atoms with E-state index in [1.807, 2.05) is 25.1 Å². The highest BCUT2D eigenvalue weighted by molar-refractivity contribution is 5.15. The van der Waals surface area contributed by atoms with Crippen LogP contribution in [0.15, 0.2) is 43.0 Å². The lowest BCUT2D eigenvalue weighted by molar-refractivity contribution is 0.00930. The maximum atomic E-state index is 10.2. The van der Waals surface area contributed by atoms with Crippen molar-refractivity contribution in [3.05, 3.63) is 48.6 Å². The van der Waals surface area contributed by atoms with Gasteiger partial charge in [-0.25, -0.2) is 0 Å². The summed E-state index contributed by atoms with van der Waals surface area (Å²) in [6.07, 6.45) is 3.32. The fourth-order valence-electron chi connectivity index (χ4n) is 1.68. The third kappa shape index (κ3) is 3.52. The SMILES string of the molecule is C=CC[C@](C)(O)[C@@H](C)Cc1ccccc1. The van der Waals surface area contributed by atoms with Crippen molar-refractivity contribution >= 4 is 0 Å². The molecule has 0 fully saturated rings. The summed E-state index contributed by atoms with van der Waals surface area (Å²) < 4.78 is 0. The molecule has 0 spiro atoms. The van der Waals surface area contributed by atoms with Gasteiger partial charge in [0.2, 0.25) is 0 Å². The van der Waals surface area contributed by atoms with E-state index in [-0.39, 0.29) is 5.92 Å². The molecule has 1 aromatic carbocycles. The molecule has 0 aliphatic heterocycles. The van der Waals surface area contributed by atoms with Crippen LogP contribution in [0.2, 0.25) is 0 Å². The minimum Gasteiger partial charge on any atom is -0.390 e. The monoisotopic (exact) mass is 204 g/mol. The van der Waals surface area contributed by atoms with Gasteiger partial charge in [-0.2, -0.15) is 0 Å². The Labute approximate surface area is 92.5 Å². The largest absolute Gasteiger partial charge is 0.390 e. The smallest absolute Gasteiger partial charge is 0.0682 e. The Bertz CT molecular complexity index is 300. The van der Waals surface area contributed by atoms with Crippen LogP contribution < -0.4 is 0 Å². The van der Waals surface area contributed by atoms with Crippen LogP contribution >= 0.6 is 0 Å². The Morgan fingerprint density at radius 3 is 2.53 bits per heavy atom. The van der Waals surface area contributed by atoms with Crippen molar-refractivity contribution in [3.63, 3.8) is 0 Å². The van der Waals surface area contributed by atoms with Gasteiger partial charge in [-0.05, 0) is 31.2 Å². The van der Waals surface area contributed by atoms with Gasteiger partial charge in [0.25, 0.3) is 0 Å². The summed E-state index contributed by atoms with van der Waals surface area (Å²) in [7, 11) is 0. The molecule has 0 heterocycles. The van der Waals surface area contributed by atoms with E-state index in [0.717, 1.165) is 6.42 Å². The molecule has 2 atom stereocenters. The highest BCUT2D eigenvalue weighted by Crippen LogP contribution is 2.24. The molecule has 1 nitrogen and oxygen atoms in total. The van der Waals surface area contributed by atoms with E-state index in [2.05, 4.69) is 25.6 Å². The van der Waals surface area contributed by atoms with Gasteiger partial charge in [0.05, 0.1) is 5.60 Å². The van der Waals surface area contributed by atoms with Crippen molar-refractivity contribution in [1.82, 2.24) is 0 Å². The maximum Gasteiger partial charge on any atom is 0.0682 e. The van der Waals surface area contributed by atoms with Gasteiger partial charge in [0.15, 0.2) is 0 Å². The minimum atomic E-state index is -0.655. The topological polar surface area (TPSA) is 20.2 Å². The molecule has 0 radical (unpaired) electrons. The van der Waals surface area contributed by atoms with Crippen molar-refractivity contribution in [2.45, 2.75) is 32.3 Å². The average molecular weight is 204 g/mol. The number of aliphatic hydroxyl groups is 1. The molecule has 0 unspecified atom stereocenters. The quantitative estimate of drug-likeness (QED) is 0.730. The molecule has 0 amide bonds. The van der Waals surface area contributed by atoms with Crippen LogP contribution in [0, 0.1) is 5.92 Å². The number of hydrogen-bond donors (Lipinski definition) is 1. The Morgan fingerprint density at radius 2 is 2.00 bits per heavy atom.